The third-order valence-electron chi connectivity index (χ3n) is 1.43. The van der Waals surface area contributed by atoms with Gasteiger partial charge in [0.15, 0.2) is 0 Å². The zero-order chi connectivity index (χ0) is 8.69. The first-order valence-corrected chi connectivity index (χ1v) is 4.69. The first kappa shape index (κ1) is 10.8. The Morgan fingerprint density at radius 3 is 2.64 bits per heavy atom. The summed E-state index contributed by atoms with van der Waals surface area (Å²) in [6, 6.07) is 0. The Hall–Kier alpha value is -0.220. The molecule has 0 aromatic rings. The van der Waals surface area contributed by atoms with Crippen molar-refractivity contribution in [2.45, 2.75) is 39.2 Å². The fraction of sp³-hybridized carbons (Fsp3) is 0.857. The van der Waals surface area contributed by atoms with Crippen molar-refractivity contribution >= 4 is 17.2 Å². The predicted molar refractivity (Wildman–Crippen MR) is 47.2 cm³/mol. The molecule has 0 aromatic carbocycles. The Labute approximate surface area is 71.8 Å². The van der Waals surface area contributed by atoms with Crippen molar-refractivity contribution in [2.24, 2.45) is 5.14 Å². The maximum Gasteiger partial charge on any atom is 0.382 e. The van der Waals surface area contributed by atoms with Gasteiger partial charge >= 0.3 is 5.30 Å². The molecule has 0 spiro atoms. The lowest BCUT2D eigenvalue weighted by Crippen LogP contribution is -2.14. The second kappa shape index (κ2) is 6.49. The van der Waals surface area contributed by atoms with Crippen molar-refractivity contribution in [2.75, 3.05) is 0 Å². The molecule has 3 nitrogen and oxygen atoms in total. The molecule has 0 heterocycles. The first-order valence-electron chi connectivity index (χ1n) is 3.81. The first-order chi connectivity index (χ1) is 5.24. The van der Waals surface area contributed by atoms with Crippen molar-refractivity contribution in [1.29, 1.82) is 0 Å². The van der Waals surface area contributed by atoms with Crippen molar-refractivity contribution in [1.82, 2.24) is 0 Å². The highest BCUT2D eigenvalue weighted by Gasteiger charge is 2.09. The summed E-state index contributed by atoms with van der Waals surface area (Å²) >= 11 is 0.633. The summed E-state index contributed by atoms with van der Waals surface area (Å²) < 4.78 is 4.99. The number of nitrogens with two attached hydrogens (primary N) is 1. The minimum Gasteiger partial charge on any atom is -0.453 e. The van der Waals surface area contributed by atoms with Crippen LogP contribution in [0.15, 0.2) is 0 Å². The van der Waals surface area contributed by atoms with Crippen LogP contribution in [0.2, 0.25) is 0 Å². The van der Waals surface area contributed by atoms with E-state index in [1.54, 1.807) is 0 Å². The summed E-state index contributed by atoms with van der Waals surface area (Å²) in [6.45, 7) is 4.06. The average molecular weight is 177 g/mol. The van der Waals surface area contributed by atoms with Crippen LogP contribution in [0.4, 0.5) is 4.79 Å². The number of hydrogen-bond acceptors (Lipinski definition) is 4. The standard InChI is InChI=1S/C7H15NO2S/c1-3-5-6(4-2)10-7(9)11-8/h6H,3-5,8H2,1-2H3. The van der Waals surface area contributed by atoms with Gasteiger partial charge in [-0.25, -0.2) is 4.79 Å². The Kier molecular flexibility index (Phi) is 6.36. The monoisotopic (exact) mass is 177 g/mol. The summed E-state index contributed by atoms with van der Waals surface area (Å²) in [4.78, 5) is 10.7. The fourth-order valence-electron chi connectivity index (χ4n) is 0.832. The van der Waals surface area contributed by atoms with Crippen LogP contribution in [0.1, 0.15) is 33.1 Å². The van der Waals surface area contributed by atoms with E-state index in [9.17, 15) is 4.79 Å². The molecule has 0 aromatic heterocycles. The zero-order valence-corrected chi connectivity index (χ0v) is 7.82. The lowest BCUT2D eigenvalue weighted by Gasteiger charge is -2.13. The normalized spacial score (nSPS) is 12.6. The van der Waals surface area contributed by atoms with Crippen molar-refractivity contribution in [3.8, 4) is 0 Å². The van der Waals surface area contributed by atoms with Crippen molar-refractivity contribution in [3.63, 3.8) is 0 Å². The SMILES string of the molecule is CCCC(CC)OC(=O)SN. The Morgan fingerprint density at radius 2 is 2.27 bits per heavy atom. The van der Waals surface area contributed by atoms with Gasteiger partial charge in [0, 0.05) is 11.9 Å². The molecule has 0 radical (unpaired) electrons. The van der Waals surface area contributed by atoms with Gasteiger partial charge in [0.2, 0.25) is 0 Å². The molecule has 0 aliphatic heterocycles. The number of carbonyl (C=O) groups excluding carboxylic acids is 1. The van der Waals surface area contributed by atoms with Crippen LogP contribution in [-0.2, 0) is 4.74 Å². The van der Waals surface area contributed by atoms with Crippen LogP contribution in [0.5, 0.6) is 0 Å². The Morgan fingerprint density at radius 1 is 1.64 bits per heavy atom. The van der Waals surface area contributed by atoms with E-state index in [0.29, 0.717) is 11.9 Å². The number of rotatable bonds is 4. The summed E-state index contributed by atoms with van der Waals surface area (Å²) in [7, 11) is 0. The average Bonchev–Trinajstić information content (AvgIpc) is 2.03. The summed E-state index contributed by atoms with van der Waals surface area (Å²) in [5, 5.41) is 4.63. The topological polar surface area (TPSA) is 52.3 Å². The quantitative estimate of drug-likeness (QED) is 0.529. The number of carbonyl (C=O) groups is 1. The van der Waals surface area contributed by atoms with E-state index < -0.39 is 0 Å². The third kappa shape index (κ3) is 5.09. The van der Waals surface area contributed by atoms with Gasteiger partial charge in [-0.2, -0.15) is 0 Å². The molecule has 0 fully saturated rings. The van der Waals surface area contributed by atoms with Crippen LogP contribution in [0.25, 0.3) is 0 Å². The molecule has 0 amide bonds. The summed E-state index contributed by atoms with van der Waals surface area (Å²) in [5.41, 5.74) is 0. The predicted octanol–water partition coefficient (Wildman–Crippen LogP) is 2.31. The fourth-order valence-corrected chi connectivity index (χ4v) is 1.02. The second-order valence-electron chi connectivity index (χ2n) is 2.30. The molecule has 1 unspecified atom stereocenters. The van der Waals surface area contributed by atoms with Crippen LogP contribution in [-0.4, -0.2) is 11.4 Å². The van der Waals surface area contributed by atoms with E-state index in [-0.39, 0.29) is 11.4 Å². The van der Waals surface area contributed by atoms with Crippen LogP contribution in [0, 0.1) is 0 Å². The lowest BCUT2D eigenvalue weighted by atomic mass is 10.2. The third-order valence-corrected chi connectivity index (χ3v) is 1.71. The van der Waals surface area contributed by atoms with Gasteiger partial charge in [0.05, 0.1) is 0 Å². The van der Waals surface area contributed by atoms with E-state index >= 15 is 0 Å². The molecule has 2 N–H and O–H groups in total. The Balaban J connectivity index is 3.58. The van der Waals surface area contributed by atoms with Gasteiger partial charge in [-0.1, -0.05) is 20.3 Å². The lowest BCUT2D eigenvalue weighted by molar-refractivity contribution is 0.114. The van der Waals surface area contributed by atoms with E-state index in [2.05, 4.69) is 6.92 Å². The molecule has 0 aliphatic rings. The van der Waals surface area contributed by atoms with E-state index in [1.165, 1.54) is 0 Å². The van der Waals surface area contributed by atoms with Gasteiger partial charge in [-0.3, -0.25) is 5.14 Å². The maximum absolute atomic E-state index is 10.7. The highest BCUT2D eigenvalue weighted by Crippen LogP contribution is 2.09. The minimum atomic E-state index is -0.384. The molecule has 0 bridgehead atoms. The molecule has 66 valence electrons. The van der Waals surface area contributed by atoms with Gasteiger partial charge in [-0.05, 0) is 12.8 Å². The highest BCUT2D eigenvalue weighted by atomic mass is 32.2. The molecular weight excluding hydrogens is 162 g/mol. The number of hydrogen-bond donors (Lipinski definition) is 1. The van der Waals surface area contributed by atoms with Crippen molar-refractivity contribution in [3.05, 3.63) is 0 Å². The maximum atomic E-state index is 10.7. The van der Waals surface area contributed by atoms with E-state index in [4.69, 9.17) is 9.88 Å². The van der Waals surface area contributed by atoms with Gasteiger partial charge in [0.25, 0.3) is 0 Å². The molecule has 4 heteroatoms. The molecule has 0 aliphatic carbocycles. The van der Waals surface area contributed by atoms with Crippen molar-refractivity contribution < 1.29 is 9.53 Å². The zero-order valence-electron chi connectivity index (χ0n) is 7.00. The Bertz CT molecular complexity index is 119. The largest absolute Gasteiger partial charge is 0.453 e. The molecule has 0 saturated carbocycles. The van der Waals surface area contributed by atoms with Crippen LogP contribution >= 0.6 is 11.9 Å². The van der Waals surface area contributed by atoms with E-state index in [0.717, 1.165) is 19.3 Å². The van der Waals surface area contributed by atoms with Gasteiger partial charge < -0.3 is 4.74 Å². The summed E-state index contributed by atoms with van der Waals surface area (Å²) in [6.07, 6.45) is 2.85. The molecule has 0 rings (SSSR count). The van der Waals surface area contributed by atoms with Gasteiger partial charge in [0.1, 0.15) is 6.10 Å². The second-order valence-corrected chi connectivity index (χ2v) is 2.87. The molecule has 0 saturated heterocycles. The molecule has 11 heavy (non-hydrogen) atoms. The molecular formula is C7H15NO2S. The van der Waals surface area contributed by atoms with E-state index in [1.807, 2.05) is 6.92 Å². The highest BCUT2D eigenvalue weighted by molar-refractivity contribution is 8.11. The minimum absolute atomic E-state index is 0.0450. The number of ether oxygens (including phenoxy) is 1. The van der Waals surface area contributed by atoms with Crippen LogP contribution in [0.3, 0.4) is 0 Å². The summed E-state index contributed by atoms with van der Waals surface area (Å²) in [5.74, 6) is 0. The smallest absolute Gasteiger partial charge is 0.382 e. The van der Waals surface area contributed by atoms with Crippen LogP contribution < -0.4 is 5.14 Å². The molecule has 1 atom stereocenters. The van der Waals surface area contributed by atoms with Gasteiger partial charge in [-0.15, -0.1) is 0 Å².